The zero-order valence-corrected chi connectivity index (χ0v) is 12.2. The first-order chi connectivity index (χ1) is 9.24. The molecule has 5 heteroatoms. The van der Waals surface area contributed by atoms with E-state index in [2.05, 4.69) is 17.6 Å². The monoisotopic (exact) mass is 282 g/mol. The van der Waals surface area contributed by atoms with Crippen molar-refractivity contribution in [3.63, 3.8) is 0 Å². The Morgan fingerprint density at radius 1 is 1.16 bits per heavy atom. The van der Waals surface area contributed by atoms with Crippen LogP contribution in [0.5, 0.6) is 0 Å². The predicted octanol–water partition coefficient (Wildman–Crippen LogP) is 2.56. The lowest BCUT2D eigenvalue weighted by Crippen LogP contribution is -2.29. The van der Waals surface area contributed by atoms with Crippen LogP contribution in [0.3, 0.4) is 0 Å². The van der Waals surface area contributed by atoms with Gasteiger partial charge in [0.25, 0.3) is 5.91 Å². The Morgan fingerprint density at radius 2 is 1.95 bits per heavy atom. The number of hydrogen-bond acceptors (Lipinski definition) is 3. The molecule has 0 bridgehead atoms. The van der Waals surface area contributed by atoms with Gasteiger partial charge in [-0.2, -0.15) is 0 Å². The summed E-state index contributed by atoms with van der Waals surface area (Å²) in [6, 6.07) is 3.66. The van der Waals surface area contributed by atoms with Gasteiger partial charge in [0.05, 0.1) is 4.88 Å². The molecule has 0 atom stereocenters. The van der Waals surface area contributed by atoms with Crippen LogP contribution in [0.25, 0.3) is 0 Å². The quantitative estimate of drug-likeness (QED) is 0.684. The molecular weight excluding hydrogens is 260 g/mol. The Balaban J connectivity index is 1.99. The minimum atomic E-state index is -0.0377. The molecule has 2 amide bonds. The second-order valence-corrected chi connectivity index (χ2v) is 5.34. The molecule has 0 unspecified atom stereocenters. The van der Waals surface area contributed by atoms with Crippen LogP contribution in [0.1, 0.15) is 48.7 Å². The Bertz CT molecular complexity index is 377. The van der Waals surface area contributed by atoms with E-state index in [0.29, 0.717) is 19.5 Å². The van der Waals surface area contributed by atoms with Crippen molar-refractivity contribution in [3.8, 4) is 0 Å². The number of carbonyl (C=O) groups is 2. The van der Waals surface area contributed by atoms with Gasteiger partial charge in [0.1, 0.15) is 0 Å². The van der Waals surface area contributed by atoms with Crippen molar-refractivity contribution >= 4 is 23.2 Å². The molecule has 0 fully saturated rings. The lowest BCUT2D eigenvalue weighted by molar-refractivity contribution is -0.121. The number of carbonyl (C=O) groups excluding carboxylic acids is 2. The number of thiophene rings is 1. The van der Waals surface area contributed by atoms with Crippen LogP contribution in [0.15, 0.2) is 17.5 Å². The summed E-state index contributed by atoms with van der Waals surface area (Å²) in [5.74, 6) is 0.0716. The highest BCUT2D eigenvalue weighted by atomic mass is 32.1. The van der Waals surface area contributed by atoms with Crippen LogP contribution in [0.2, 0.25) is 0 Å². The number of rotatable bonds is 9. The molecule has 1 aromatic heterocycles. The van der Waals surface area contributed by atoms with Crippen LogP contribution < -0.4 is 10.6 Å². The van der Waals surface area contributed by atoms with Crippen molar-refractivity contribution in [2.24, 2.45) is 0 Å². The molecule has 0 spiro atoms. The highest BCUT2D eigenvalue weighted by Gasteiger charge is 2.05. The SMILES string of the molecule is CCCCCC(=O)NCCCNC(=O)c1cccs1. The van der Waals surface area contributed by atoms with E-state index in [9.17, 15) is 9.59 Å². The van der Waals surface area contributed by atoms with E-state index >= 15 is 0 Å². The van der Waals surface area contributed by atoms with E-state index in [0.717, 1.165) is 30.6 Å². The first kappa shape index (κ1) is 15.7. The van der Waals surface area contributed by atoms with Crippen LogP contribution in [0.4, 0.5) is 0 Å². The summed E-state index contributed by atoms with van der Waals surface area (Å²) in [6.07, 6.45) is 4.55. The highest BCUT2D eigenvalue weighted by molar-refractivity contribution is 7.12. The molecule has 0 aliphatic rings. The minimum absolute atomic E-state index is 0.0377. The summed E-state index contributed by atoms with van der Waals surface area (Å²) in [5, 5.41) is 7.57. The van der Waals surface area contributed by atoms with Crippen LogP contribution in [-0.4, -0.2) is 24.9 Å². The van der Waals surface area contributed by atoms with Crippen molar-refractivity contribution in [1.82, 2.24) is 10.6 Å². The normalized spacial score (nSPS) is 10.2. The second-order valence-electron chi connectivity index (χ2n) is 4.39. The summed E-state index contributed by atoms with van der Waals surface area (Å²) in [5.41, 5.74) is 0. The average molecular weight is 282 g/mol. The summed E-state index contributed by atoms with van der Waals surface area (Å²) in [4.78, 5) is 23.7. The molecule has 0 aliphatic heterocycles. The molecule has 0 aliphatic carbocycles. The molecular formula is C14H22N2O2S. The minimum Gasteiger partial charge on any atom is -0.356 e. The van der Waals surface area contributed by atoms with Crippen LogP contribution >= 0.6 is 11.3 Å². The first-order valence-electron chi connectivity index (χ1n) is 6.82. The lowest BCUT2D eigenvalue weighted by Gasteiger charge is -2.06. The zero-order chi connectivity index (χ0) is 13.9. The zero-order valence-electron chi connectivity index (χ0n) is 11.4. The molecule has 2 N–H and O–H groups in total. The van der Waals surface area contributed by atoms with E-state index in [4.69, 9.17) is 0 Å². The molecule has 0 saturated carbocycles. The largest absolute Gasteiger partial charge is 0.356 e. The lowest BCUT2D eigenvalue weighted by atomic mass is 10.2. The molecule has 106 valence electrons. The fourth-order valence-electron chi connectivity index (χ4n) is 1.64. The van der Waals surface area contributed by atoms with E-state index < -0.39 is 0 Å². The molecule has 1 heterocycles. The van der Waals surface area contributed by atoms with Gasteiger partial charge >= 0.3 is 0 Å². The van der Waals surface area contributed by atoms with Gasteiger partial charge in [-0.25, -0.2) is 0 Å². The van der Waals surface area contributed by atoms with Gasteiger partial charge in [-0.1, -0.05) is 25.8 Å². The number of hydrogen-bond donors (Lipinski definition) is 2. The molecule has 1 aromatic rings. The first-order valence-corrected chi connectivity index (χ1v) is 7.70. The number of nitrogens with one attached hydrogen (secondary N) is 2. The standard InChI is InChI=1S/C14H22N2O2S/c1-2-3-4-8-13(17)15-9-6-10-16-14(18)12-7-5-11-19-12/h5,7,11H,2-4,6,8-10H2,1H3,(H,15,17)(H,16,18). The van der Waals surface area contributed by atoms with E-state index in [1.807, 2.05) is 11.4 Å². The molecule has 19 heavy (non-hydrogen) atoms. The van der Waals surface area contributed by atoms with Crippen molar-refractivity contribution in [1.29, 1.82) is 0 Å². The Labute approximate surface area is 118 Å². The van der Waals surface area contributed by atoms with Crippen molar-refractivity contribution in [2.75, 3.05) is 13.1 Å². The Hall–Kier alpha value is -1.36. The average Bonchev–Trinajstić information content (AvgIpc) is 2.92. The fraction of sp³-hybridized carbons (Fsp3) is 0.571. The summed E-state index contributed by atoms with van der Waals surface area (Å²) >= 11 is 1.43. The molecule has 1 rings (SSSR count). The summed E-state index contributed by atoms with van der Waals surface area (Å²) < 4.78 is 0. The third-order valence-corrected chi connectivity index (χ3v) is 3.58. The smallest absolute Gasteiger partial charge is 0.261 e. The maximum atomic E-state index is 11.6. The molecule has 4 nitrogen and oxygen atoms in total. The fourth-order valence-corrected chi connectivity index (χ4v) is 2.28. The Kier molecular flexibility index (Phi) is 7.89. The second kappa shape index (κ2) is 9.55. The third-order valence-electron chi connectivity index (χ3n) is 2.71. The van der Waals surface area contributed by atoms with E-state index in [-0.39, 0.29) is 11.8 Å². The van der Waals surface area contributed by atoms with Gasteiger partial charge in [0.2, 0.25) is 5.91 Å². The number of amides is 2. The van der Waals surface area contributed by atoms with E-state index in [1.54, 1.807) is 6.07 Å². The predicted molar refractivity (Wildman–Crippen MR) is 78.4 cm³/mol. The van der Waals surface area contributed by atoms with E-state index in [1.165, 1.54) is 11.3 Å². The van der Waals surface area contributed by atoms with Gasteiger partial charge in [0.15, 0.2) is 0 Å². The molecule has 0 saturated heterocycles. The van der Waals surface area contributed by atoms with Gasteiger partial charge < -0.3 is 10.6 Å². The Morgan fingerprint density at radius 3 is 2.63 bits per heavy atom. The molecule has 0 radical (unpaired) electrons. The highest BCUT2D eigenvalue weighted by Crippen LogP contribution is 2.07. The third kappa shape index (κ3) is 6.96. The topological polar surface area (TPSA) is 58.2 Å². The van der Waals surface area contributed by atoms with Crippen molar-refractivity contribution in [2.45, 2.75) is 39.0 Å². The van der Waals surface area contributed by atoms with Gasteiger partial charge in [0, 0.05) is 19.5 Å². The van der Waals surface area contributed by atoms with Gasteiger partial charge in [-0.05, 0) is 24.3 Å². The summed E-state index contributed by atoms with van der Waals surface area (Å²) in [6.45, 7) is 3.33. The number of unbranched alkanes of at least 4 members (excludes halogenated alkanes) is 2. The van der Waals surface area contributed by atoms with Crippen LogP contribution in [-0.2, 0) is 4.79 Å². The van der Waals surface area contributed by atoms with Gasteiger partial charge in [-0.15, -0.1) is 11.3 Å². The van der Waals surface area contributed by atoms with Crippen molar-refractivity contribution < 1.29 is 9.59 Å². The maximum Gasteiger partial charge on any atom is 0.261 e. The summed E-state index contributed by atoms with van der Waals surface area (Å²) in [7, 11) is 0. The molecule has 0 aromatic carbocycles. The van der Waals surface area contributed by atoms with Crippen LogP contribution in [0, 0.1) is 0 Å². The maximum absolute atomic E-state index is 11.6. The van der Waals surface area contributed by atoms with Crippen molar-refractivity contribution in [3.05, 3.63) is 22.4 Å². The van der Waals surface area contributed by atoms with Gasteiger partial charge in [-0.3, -0.25) is 9.59 Å².